The molecule has 1 atom stereocenters. The fourth-order valence-corrected chi connectivity index (χ4v) is 1.09. The molecule has 5 nitrogen and oxygen atoms in total. The van der Waals surface area contributed by atoms with Crippen LogP contribution in [0.3, 0.4) is 0 Å². The number of carbonyl (C=O) groups excluding carboxylic acids is 1. The zero-order chi connectivity index (χ0) is 11.4. The van der Waals surface area contributed by atoms with Gasteiger partial charge >= 0.3 is 5.97 Å². The van der Waals surface area contributed by atoms with Crippen molar-refractivity contribution in [3.63, 3.8) is 0 Å². The van der Waals surface area contributed by atoms with Gasteiger partial charge in [0.1, 0.15) is 6.10 Å². The lowest BCUT2D eigenvalue weighted by Crippen LogP contribution is -2.04. The molecule has 1 aromatic rings. The summed E-state index contributed by atoms with van der Waals surface area (Å²) in [6.07, 6.45) is -1.05. The minimum absolute atomic E-state index is 0.0244. The van der Waals surface area contributed by atoms with Gasteiger partial charge < -0.3 is 20.1 Å². The minimum Gasteiger partial charge on any atom is -0.504 e. The van der Waals surface area contributed by atoms with Gasteiger partial charge in [-0.2, -0.15) is 0 Å². The predicted octanol–water partition coefficient (Wildman–Crippen LogP) is 0.343. The molecule has 15 heavy (non-hydrogen) atoms. The maximum absolute atomic E-state index is 10.6. The molecule has 0 aliphatic carbocycles. The zero-order valence-electron chi connectivity index (χ0n) is 8.17. The number of ether oxygens (including phenoxy) is 1. The van der Waals surface area contributed by atoms with Crippen molar-refractivity contribution in [2.75, 3.05) is 6.61 Å². The van der Waals surface area contributed by atoms with E-state index in [4.69, 9.17) is 5.11 Å². The first kappa shape index (κ1) is 11.5. The summed E-state index contributed by atoms with van der Waals surface area (Å²) in [7, 11) is 0. The summed E-state index contributed by atoms with van der Waals surface area (Å²) in [5.74, 6) is -0.771. The Kier molecular flexibility index (Phi) is 3.65. The zero-order valence-corrected chi connectivity index (χ0v) is 8.17. The number of hydrogen-bond donors (Lipinski definition) is 3. The lowest BCUT2D eigenvalue weighted by atomic mass is 10.1. The monoisotopic (exact) mass is 212 g/mol. The molecule has 0 aliphatic heterocycles. The number of phenolic OH excluding ortho intramolecular Hbond substituents is 1. The molecule has 1 unspecified atom stereocenters. The summed E-state index contributed by atoms with van der Waals surface area (Å²) in [6, 6.07) is 4.04. The molecule has 0 aliphatic rings. The highest BCUT2D eigenvalue weighted by atomic mass is 16.5. The third-order valence-electron chi connectivity index (χ3n) is 1.79. The van der Waals surface area contributed by atoms with Gasteiger partial charge in [0.05, 0.1) is 6.61 Å². The standard InChI is InChI=1S/C10H12O5/c1-6(12)15-10-3-2-7(4-8(10)13)9(14)5-11/h2-4,9,11,13-14H,5H2,1H3. The van der Waals surface area contributed by atoms with Crippen LogP contribution in [0.5, 0.6) is 11.5 Å². The molecule has 0 spiro atoms. The second kappa shape index (κ2) is 4.77. The summed E-state index contributed by atoms with van der Waals surface area (Å²) in [5, 5.41) is 27.3. The summed E-state index contributed by atoms with van der Waals surface area (Å²) in [4.78, 5) is 10.6. The Hall–Kier alpha value is -1.59. The summed E-state index contributed by atoms with van der Waals surface area (Å²) < 4.78 is 4.68. The quantitative estimate of drug-likeness (QED) is 0.497. The van der Waals surface area contributed by atoms with Crippen molar-refractivity contribution in [1.29, 1.82) is 0 Å². The van der Waals surface area contributed by atoms with E-state index in [1.54, 1.807) is 0 Å². The van der Waals surface area contributed by atoms with Crippen LogP contribution in [0.2, 0.25) is 0 Å². The van der Waals surface area contributed by atoms with Crippen molar-refractivity contribution in [2.45, 2.75) is 13.0 Å². The summed E-state index contributed by atoms with van der Waals surface area (Å²) in [5.41, 5.74) is 0.353. The van der Waals surface area contributed by atoms with Gasteiger partial charge in [-0.15, -0.1) is 0 Å². The first-order valence-corrected chi connectivity index (χ1v) is 4.35. The number of benzene rings is 1. The molecule has 0 bridgehead atoms. The van der Waals surface area contributed by atoms with E-state index in [1.807, 2.05) is 0 Å². The van der Waals surface area contributed by atoms with Crippen LogP contribution in [0.1, 0.15) is 18.6 Å². The van der Waals surface area contributed by atoms with E-state index in [1.165, 1.54) is 25.1 Å². The van der Waals surface area contributed by atoms with Gasteiger partial charge in [-0.3, -0.25) is 4.79 Å². The van der Waals surface area contributed by atoms with Crippen LogP contribution < -0.4 is 4.74 Å². The van der Waals surface area contributed by atoms with E-state index in [0.717, 1.165) is 0 Å². The highest BCUT2D eigenvalue weighted by Gasteiger charge is 2.10. The molecule has 0 amide bonds. The van der Waals surface area contributed by atoms with Gasteiger partial charge in [-0.1, -0.05) is 6.07 Å². The van der Waals surface area contributed by atoms with Crippen molar-refractivity contribution in [3.8, 4) is 11.5 Å². The number of esters is 1. The SMILES string of the molecule is CC(=O)Oc1ccc(C(O)CO)cc1O. The number of rotatable bonds is 3. The molecular weight excluding hydrogens is 200 g/mol. The van der Waals surface area contributed by atoms with Crippen LogP contribution >= 0.6 is 0 Å². The van der Waals surface area contributed by atoms with Gasteiger partial charge in [-0.25, -0.2) is 0 Å². The van der Waals surface area contributed by atoms with Gasteiger partial charge in [0.15, 0.2) is 11.5 Å². The van der Waals surface area contributed by atoms with Crippen LogP contribution in [0.15, 0.2) is 18.2 Å². The second-order valence-electron chi connectivity index (χ2n) is 3.02. The van der Waals surface area contributed by atoms with Crippen LogP contribution in [0.4, 0.5) is 0 Å². The van der Waals surface area contributed by atoms with Crippen LogP contribution in [0, 0.1) is 0 Å². The molecule has 0 heterocycles. The number of aliphatic hydroxyl groups is 2. The van der Waals surface area contributed by atoms with E-state index in [2.05, 4.69) is 4.74 Å². The highest BCUT2D eigenvalue weighted by Crippen LogP contribution is 2.29. The molecule has 3 N–H and O–H groups in total. The molecule has 0 saturated carbocycles. The average molecular weight is 212 g/mol. The average Bonchev–Trinajstić information content (AvgIpc) is 2.19. The Bertz CT molecular complexity index is 361. The highest BCUT2D eigenvalue weighted by molar-refractivity contribution is 5.70. The largest absolute Gasteiger partial charge is 0.504 e. The van der Waals surface area contributed by atoms with Crippen LogP contribution in [0.25, 0.3) is 0 Å². The summed E-state index contributed by atoms with van der Waals surface area (Å²) in [6.45, 7) is 0.780. The van der Waals surface area contributed by atoms with E-state index in [0.29, 0.717) is 5.56 Å². The van der Waals surface area contributed by atoms with Gasteiger partial charge in [0.25, 0.3) is 0 Å². The number of aromatic hydroxyl groups is 1. The van der Waals surface area contributed by atoms with Gasteiger partial charge in [0, 0.05) is 6.92 Å². The molecule has 0 aromatic heterocycles. The van der Waals surface area contributed by atoms with Crippen molar-refractivity contribution in [3.05, 3.63) is 23.8 Å². The molecule has 1 rings (SSSR count). The fraction of sp³-hybridized carbons (Fsp3) is 0.300. The second-order valence-corrected chi connectivity index (χ2v) is 3.02. The number of phenols is 1. The van der Waals surface area contributed by atoms with E-state index in [9.17, 15) is 15.0 Å². The number of carbonyl (C=O) groups is 1. The molecule has 0 fully saturated rings. The molecule has 1 aromatic carbocycles. The maximum atomic E-state index is 10.6. The van der Waals surface area contributed by atoms with E-state index < -0.39 is 18.7 Å². The Balaban J connectivity index is 2.92. The van der Waals surface area contributed by atoms with Crippen LogP contribution in [-0.2, 0) is 4.79 Å². The third-order valence-corrected chi connectivity index (χ3v) is 1.79. The Labute approximate surface area is 86.5 Å². The van der Waals surface area contributed by atoms with Crippen molar-refractivity contribution in [2.24, 2.45) is 0 Å². The molecular formula is C10H12O5. The maximum Gasteiger partial charge on any atom is 0.308 e. The summed E-state index contributed by atoms with van der Waals surface area (Å²) >= 11 is 0. The van der Waals surface area contributed by atoms with Crippen molar-refractivity contribution in [1.82, 2.24) is 0 Å². The van der Waals surface area contributed by atoms with Gasteiger partial charge in [-0.05, 0) is 17.7 Å². The molecule has 0 radical (unpaired) electrons. The number of aliphatic hydroxyl groups excluding tert-OH is 2. The third kappa shape index (κ3) is 2.93. The topological polar surface area (TPSA) is 87.0 Å². The van der Waals surface area contributed by atoms with E-state index in [-0.39, 0.29) is 11.5 Å². The van der Waals surface area contributed by atoms with Gasteiger partial charge in [0.2, 0.25) is 0 Å². The van der Waals surface area contributed by atoms with Crippen molar-refractivity contribution >= 4 is 5.97 Å². The Morgan fingerprint density at radius 3 is 2.67 bits per heavy atom. The lowest BCUT2D eigenvalue weighted by molar-refractivity contribution is -0.132. The first-order chi connectivity index (χ1) is 7.04. The molecule has 5 heteroatoms. The molecule has 82 valence electrons. The van der Waals surface area contributed by atoms with E-state index >= 15 is 0 Å². The normalized spacial score (nSPS) is 12.2. The minimum atomic E-state index is -1.05. The first-order valence-electron chi connectivity index (χ1n) is 4.35. The predicted molar refractivity (Wildman–Crippen MR) is 51.5 cm³/mol. The van der Waals surface area contributed by atoms with Crippen LogP contribution in [-0.4, -0.2) is 27.9 Å². The Morgan fingerprint density at radius 1 is 1.53 bits per heavy atom. The smallest absolute Gasteiger partial charge is 0.308 e. The Morgan fingerprint density at radius 2 is 2.20 bits per heavy atom. The number of hydrogen-bond acceptors (Lipinski definition) is 5. The van der Waals surface area contributed by atoms with Crippen molar-refractivity contribution < 1.29 is 24.9 Å². The molecule has 0 saturated heterocycles. The lowest BCUT2D eigenvalue weighted by Gasteiger charge is -2.09. The fourth-order valence-electron chi connectivity index (χ4n) is 1.09.